The van der Waals surface area contributed by atoms with Gasteiger partial charge in [-0.25, -0.2) is 4.39 Å². The highest BCUT2D eigenvalue weighted by Crippen LogP contribution is 2.32. The molecule has 1 heterocycles. The van der Waals surface area contributed by atoms with Crippen molar-refractivity contribution < 1.29 is 14.2 Å². The van der Waals surface area contributed by atoms with Gasteiger partial charge in [0.15, 0.2) is 0 Å². The molecule has 0 unspecified atom stereocenters. The molecule has 1 aliphatic heterocycles. The molecule has 1 fully saturated rings. The lowest BCUT2D eigenvalue weighted by Gasteiger charge is -2.39. The van der Waals surface area contributed by atoms with E-state index in [4.69, 9.17) is 4.74 Å². The second kappa shape index (κ2) is 7.88. The summed E-state index contributed by atoms with van der Waals surface area (Å²) >= 11 is 0. The van der Waals surface area contributed by atoms with Crippen LogP contribution >= 0.6 is 12.4 Å². The first-order chi connectivity index (χ1) is 10.7. The topological polar surface area (TPSA) is 41.5 Å². The Morgan fingerprint density at radius 2 is 1.83 bits per heavy atom. The molecule has 5 heteroatoms. The minimum atomic E-state index is -1.27. The van der Waals surface area contributed by atoms with Crippen molar-refractivity contribution in [3.63, 3.8) is 0 Å². The number of hydrogen-bond acceptors (Lipinski definition) is 3. The predicted octanol–water partition coefficient (Wildman–Crippen LogP) is 2.67. The summed E-state index contributed by atoms with van der Waals surface area (Å²) in [5.41, 5.74) is -0.0355. The van der Waals surface area contributed by atoms with Gasteiger partial charge in [0.25, 0.3) is 0 Å². The van der Waals surface area contributed by atoms with Gasteiger partial charge in [-0.1, -0.05) is 48.5 Å². The van der Waals surface area contributed by atoms with Gasteiger partial charge in [0.05, 0.1) is 6.61 Å². The molecule has 3 rings (SSSR count). The third kappa shape index (κ3) is 3.90. The zero-order valence-corrected chi connectivity index (χ0v) is 13.6. The molecule has 124 valence electrons. The summed E-state index contributed by atoms with van der Waals surface area (Å²) in [6, 6.07) is 15.9. The van der Waals surface area contributed by atoms with Gasteiger partial charge < -0.3 is 15.2 Å². The molecule has 0 radical (unpaired) electrons. The molecule has 2 aromatic carbocycles. The highest BCUT2D eigenvalue weighted by atomic mass is 35.5. The Kier molecular flexibility index (Phi) is 6.13. The summed E-state index contributed by atoms with van der Waals surface area (Å²) < 4.78 is 19.8. The van der Waals surface area contributed by atoms with Gasteiger partial charge in [0.2, 0.25) is 0 Å². The average molecular weight is 338 g/mol. The van der Waals surface area contributed by atoms with Crippen LogP contribution in [0.1, 0.15) is 11.1 Å². The fourth-order valence-corrected chi connectivity index (χ4v) is 2.93. The van der Waals surface area contributed by atoms with Crippen molar-refractivity contribution in [2.75, 3.05) is 19.7 Å². The lowest BCUT2D eigenvalue weighted by Crippen LogP contribution is -2.52. The van der Waals surface area contributed by atoms with Crippen LogP contribution in [0.2, 0.25) is 0 Å². The van der Waals surface area contributed by atoms with Crippen LogP contribution in [0.15, 0.2) is 54.6 Å². The van der Waals surface area contributed by atoms with E-state index in [0.717, 1.165) is 12.1 Å². The van der Waals surface area contributed by atoms with Crippen molar-refractivity contribution in [1.82, 2.24) is 5.32 Å². The van der Waals surface area contributed by atoms with Crippen molar-refractivity contribution in [3.8, 4) is 0 Å². The maximum absolute atomic E-state index is 14.0. The quantitative estimate of drug-likeness (QED) is 0.901. The van der Waals surface area contributed by atoms with Gasteiger partial charge in [-0.2, -0.15) is 0 Å². The SMILES string of the molecule is Cl.O[C@](Cc1ccccc1F)(c1ccccc1)[C@H]1CNCCO1. The van der Waals surface area contributed by atoms with Crippen LogP contribution in [0.25, 0.3) is 0 Å². The molecule has 0 aromatic heterocycles. The van der Waals surface area contributed by atoms with E-state index in [-0.39, 0.29) is 24.6 Å². The molecule has 0 aliphatic carbocycles. The summed E-state index contributed by atoms with van der Waals surface area (Å²) in [5, 5.41) is 14.6. The highest BCUT2D eigenvalue weighted by molar-refractivity contribution is 5.85. The number of halogens is 2. The number of rotatable bonds is 4. The first kappa shape index (κ1) is 17.9. The number of nitrogens with one attached hydrogen (secondary N) is 1. The van der Waals surface area contributed by atoms with Gasteiger partial charge in [-0.3, -0.25) is 0 Å². The summed E-state index contributed by atoms with van der Waals surface area (Å²) in [6.07, 6.45) is -0.237. The van der Waals surface area contributed by atoms with E-state index < -0.39 is 11.7 Å². The number of aliphatic hydroxyl groups is 1. The molecule has 3 nitrogen and oxygen atoms in total. The zero-order valence-electron chi connectivity index (χ0n) is 12.7. The van der Waals surface area contributed by atoms with Crippen LogP contribution < -0.4 is 5.32 Å². The Balaban J connectivity index is 0.00000192. The Labute approximate surface area is 141 Å². The number of hydrogen-bond donors (Lipinski definition) is 2. The molecule has 2 aromatic rings. The molecule has 2 N–H and O–H groups in total. The average Bonchev–Trinajstić information content (AvgIpc) is 2.58. The van der Waals surface area contributed by atoms with Crippen LogP contribution in [-0.2, 0) is 16.8 Å². The molecule has 2 atom stereocenters. The Morgan fingerprint density at radius 3 is 2.48 bits per heavy atom. The zero-order chi connectivity index (χ0) is 15.4. The smallest absolute Gasteiger partial charge is 0.126 e. The second-order valence-electron chi connectivity index (χ2n) is 5.62. The lowest BCUT2D eigenvalue weighted by atomic mass is 9.82. The fourth-order valence-electron chi connectivity index (χ4n) is 2.93. The van der Waals surface area contributed by atoms with E-state index in [1.807, 2.05) is 30.3 Å². The van der Waals surface area contributed by atoms with E-state index in [2.05, 4.69) is 5.32 Å². The summed E-state index contributed by atoms with van der Waals surface area (Å²) in [5.74, 6) is -0.305. The van der Waals surface area contributed by atoms with Crippen LogP contribution in [-0.4, -0.2) is 30.9 Å². The summed E-state index contributed by atoms with van der Waals surface area (Å²) in [4.78, 5) is 0. The van der Waals surface area contributed by atoms with E-state index in [1.165, 1.54) is 6.07 Å². The van der Waals surface area contributed by atoms with E-state index in [0.29, 0.717) is 18.7 Å². The van der Waals surface area contributed by atoms with Gasteiger partial charge in [0, 0.05) is 19.5 Å². The third-order valence-corrected chi connectivity index (χ3v) is 4.15. The maximum atomic E-state index is 14.0. The molecule has 0 spiro atoms. The molecular weight excluding hydrogens is 317 g/mol. The second-order valence-corrected chi connectivity index (χ2v) is 5.62. The van der Waals surface area contributed by atoms with E-state index in [1.54, 1.807) is 18.2 Å². The molecule has 0 saturated carbocycles. The molecule has 23 heavy (non-hydrogen) atoms. The largest absolute Gasteiger partial charge is 0.382 e. The van der Waals surface area contributed by atoms with Gasteiger partial charge in [-0.05, 0) is 17.2 Å². The van der Waals surface area contributed by atoms with E-state index in [9.17, 15) is 9.50 Å². The minimum Gasteiger partial charge on any atom is -0.382 e. The first-order valence-corrected chi connectivity index (χ1v) is 7.54. The Bertz CT molecular complexity index is 619. The standard InChI is InChI=1S/C18H20FNO2.ClH/c19-16-9-5-4-6-14(16)12-18(21,15-7-2-1-3-8-15)17-13-20-10-11-22-17;/h1-9,17,20-21H,10-13H2;1H/t17-,18-;/m1./s1. The van der Waals surface area contributed by atoms with E-state index >= 15 is 0 Å². The first-order valence-electron chi connectivity index (χ1n) is 7.54. The van der Waals surface area contributed by atoms with Crippen LogP contribution in [0.5, 0.6) is 0 Å². The van der Waals surface area contributed by atoms with Gasteiger partial charge in [-0.15, -0.1) is 12.4 Å². The maximum Gasteiger partial charge on any atom is 0.126 e. The fraction of sp³-hybridized carbons (Fsp3) is 0.333. The molecule has 0 amide bonds. The van der Waals surface area contributed by atoms with Crippen molar-refractivity contribution in [2.24, 2.45) is 0 Å². The normalized spacial score (nSPS) is 20.3. The number of benzene rings is 2. The molecular formula is C18H21ClFNO2. The number of ether oxygens (including phenoxy) is 1. The predicted molar refractivity (Wildman–Crippen MR) is 90.3 cm³/mol. The summed E-state index contributed by atoms with van der Waals surface area (Å²) in [6.45, 7) is 1.85. The Morgan fingerprint density at radius 1 is 1.13 bits per heavy atom. The molecule has 1 aliphatic rings. The van der Waals surface area contributed by atoms with Crippen molar-refractivity contribution in [1.29, 1.82) is 0 Å². The van der Waals surface area contributed by atoms with Crippen molar-refractivity contribution in [3.05, 3.63) is 71.5 Å². The monoisotopic (exact) mass is 337 g/mol. The lowest BCUT2D eigenvalue weighted by molar-refractivity contribution is -0.124. The highest BCUT2D eigenvalue weighted by Gasteiger charge is 2.40. The van der Waals surface area contributed by atoms with Crippen LogP contribution in [0, 0.1) is 5.82 Å². The van der Waals surface area contributed by atoms with Crippen LogP contribution in [0.3, 0.4) is 0 Å². The van der Waals surface area contributed by atoms with Gasteiger partial charge >= 0.3 is 0 Å². The number of morpholine rings is 1. The summed E-state index contributed by atoms with van der Waals surface area (Å²) in [7, 11) is 0. The van der Waals surface area contributed by atoms with Gasteiger partial charge in [0.1, 0.15) is 17.5 Å². The van der Waals surface area contributed by atoms with Crippen molar-refractivity contribution in [2.45, 2.75) is 18.1 Å². The Hall–Kier alpha value is -1.46. The minimum absolute atomic E-state index is 0. The molecule has 1 saturated heterocycles. The van der Waals surface area contributed by atoms with Crippen molar-refractivity contribution >= 4 is 12.4 Å². The van der Waals surface area contributed by atoms with Crippen LogP contribution in [0.4, 0.5) is 4.39 Å². The third-order valence-electron chi connectivity index (χ3n) is 4.15. The molecule has 0 bridgehead atoms.